The zero-order valence-corrected chi connectivity index (χ0v) is 21.9. The summed E-state index contributed by atoms with van der Waals surface area (Å²) in [5, 5.41) is 14.7. The number of hydrogen-bond acceptors (Lipinski definition) is 7. The lowest BCUT2D eigenvalue weighted by Gasteiger charge is -2.12. The maximum absolute atomic E-state index is 13.4. The standard InChI is InChI=1S/C28H27FN8O3/c1-36(2)13-11-31-27(39)17-6-7-20-21(14-17)25-22(8-10-30-26(25)34-28(20)40)33-23-9-12-37(35-23)16-24(38)32-19-5-3-4-18(29)15-19/h3-10,12,14-15H,11,13,16H2,1-2H3,(H,31,39)(H,32,38)(H2,30,33,34,35,40). The predicted octanol–water partition coefficient (Wildman–Crippen LogP) is 3.09. The van der Waals surface area contributed by atoms with Crippen LogP contribution < -0.4 is 21.5 Å². The van der Waals surface area contributed by atoms with Crippen LogP contribution in [0.4, 0.5) is 21.6 Å². The Labute approximate surface area is 228 Å². The van der Waals surface area contributed by atoms with E-state index in [1.807, 2.05) is 19.0 Å². The van der Waals surface area contributed by atoms with Gasteiger partial charge < -0.3 is 25.8 Å². The van der Waals surface area contributed by atoms with Crippen LogP contribution >= 0.6 is 0 Å². The maximum Gasteiger partial charge on any atom is 0.257 e. The van der Waals surface area contributed by atoms with E-state index in [0.717, 1.165) is 0 Å². The largest absolute Gasteiger partial charge is 0.351 e. The molecule has 5 rings (SSSR count). The molecule has 40 heavy (non-hydrogen) atoms. The van der Waals surface area contributed by atoms with E-state index < -0.39 is 5.82 Å². The van der Waals surface area contributed by atoms with E-state index in [1.165, 1.54) is 22.9 Å². The molecule has 4 N–H and O–H groups in total. The molecule has 0 aliphatic carbocycles. The van der Waals surface area contributed by atoms with Gasteiger partial charge in [0.25, 0.3) is 11.5 Å². The van der Waals surface area contributed by atoms with Crippen LogP contribution in [0.15, 0.2) is 71.8 Å². The van der Waals surface area contributed by atoms with Crippen molar-refractivity contribution in [2.45, 2.75) is 6.54 Å². The highest BCUT2D eigenvalue weighted by atomic mass is 19.1. The number of carbonyl (C=O) groups excluding carboxylic acids is 2. The summed E-state index contributed by atoms with van der Waals surface area (Å²) in [5.74, 6) is -0.609. The van der Waals surface area contributed by atoms with Gasteiger partial charge in [0, 0.05) is 59.0 Å². The summed E-state index contributed by atoms with van der Waals surface area (Å²) >= 11 is 0. The number of likely N-dealkylation sites (N-methyl/N-ethyl adjacent to an activating group) is 1. The average molecular weight is 543 g/mol. The summed E-state index contributed by atoms with van der Waals surface area (Å²) in [6, 6.07) is 14.0. The topological polar surface area (TPSA) is 137 Å². The van der Waals surface area contributed by atoms with E-state index in [4.69, 9.17) is 0 Å². The summed E-state index contributed by atoms with van der Waals surface area (Å²) in [4.78, 5) is 47.0. The minimum absolute atomic E-state index is 0.0855. The Balaban J connectivity index is 1.40. The van der Waals surface area contributed by atoms with Gasteiger partial charge in [0.2, 0.25) is 5.91 Å². The maximum atomic E-state index is 13.4. The van der Waals surface area contributed by atoms with Gasteiger partial charge in [0.05, 0.1) is 5.69 Å². The third-order valence-corrected chi connectivity index (χ3v) is 6.14. The molecule has 2 aromatic carbocycles. The van der Waals surface area contributed by atoms with Crippen molar-refractivity contribution in [3.63, 3.8) is 0 Å². The zero-order chi connectivity index (χ0) is 28.2. The van der Waals surface area contributed by atoms with Gasteiger partial charge in [-0.3, -0.25) is 19.1 Å². The smallest absolute Gasteiger partial charge is 0.257 e. The van der Waals surface area contributed by atoms with Gasteiger partial charge >= 0.3 is 0 Å². The van der Waals surface area contributed by atoms with Crippen molar-refractivity contribution >= 4 is 50.8 Å². The molecule has 3 heterocycles. The number of aromatic nitrogens is 4. The van der Waals surface area contributed by atoms with Crippen molar-refractivity contribution in [3.8, 4) is 0 Å². The molecule has 11 nitrogen and oxygen atoms in total. The summed E-state index contributed by atoms with van der Waals surface area (Å²) in [5.41, 5.74) is 1.40. The summed E-state index contributed by atoms with van der Waals surface area (Å²) in [6.45, 7) is 1.09. The lowest BCUT2D eigenvalue weighted by Crippen LogP contribution is -2.31. The fraction of sp³-hybridized carbons (Fsp3) is 0.179. The van der Waals surface area contributed by atoms with Crippen molar-refractivity contribution in [1.29, 1.82) is 0 Å². The SMILES string of the molecule is CN(C)CCNC(=O)c1ccc2c(=O)[nH]c3nccc(Nc4ccn(CC(=O)Nc5cccc(F)c5)n4)c3c2c1. The molecule has 0 spiro atoms. The summed E-state index contributed by atoms with van der Waals surface area (Å²) in [6.07, 6.45) is 3.18. The molecule has 3 aromatic heterocycles. The Bertz CT molecular complexity index is 1780. The molecule has 0 fully saturated rings. The number of nitrogens with one attached hydrogen (secondary N) is 4. The first-order chi connectivity index (χ1) is 19.3. The lowest BCUT2D eigenvalue weighted by molar-refractivity contribution is -0.116. The van der Waals surface area contributed by atoms with Crippen molar-refractivity contribution < 1.29 is 14.0 Å². The molecule has 0 aliphatic rings. The number of benzene rings is 2. The molecule has 204 valence electrons. The van der Waals surface area contributed by atoms with E-state index in [0.29, 0.717) is 57.7 Å². The first-order valence-corrected chi connectivity index (χ1v) is 12.5. The third kappa shape index (κ3) is 5.97. The second-order valence-corrected chi connectivity index (χ2v) is 9.44. The minimum Gasteiger partial charge on any atom is -0.351 e. The van der Waals surface area contributed by atoms with Crippen LogP contribution in [0, 0.1) is 5.82 Å². The van der Waals surface area contributed by atoms with Gasteiger partial charge in [-0.1, -0.05) is 6.07 Å². The molecule has 0 aliphatic heterocycles. The fourth-order valence-electron chi connectivity index (χ4n) is 4.26. The fourth-order valence-corrected chi connectivity index (χ4v) is 4.26. The van der Waals surface area contributed by atoms with Gasteiger partial charge in [0.15, 0.2) is 5.82 Å². The number of fused-ring (bicyclic) bond motifs is 3. The van der Waals surface area contributed by atoms with Crippen molar-refractivity contribution in [3.05, 3.63) is 88.7 Å². The number of rotatable bonds is 9. The van der Waals surface area contributed by atoms with Gasteiger partial charge in [-0.2, -0.15) is 5.10 Å². The molecule has 0 bridgehead atoms. The second kappa shape index (κ2) is 11.3. The molecule has 0 atom stereocenters. The molecule has 0 unspecified atom stereocenters. The Hall–Kier alpha value is -5.10. The van der Waals surface area contributed by atoms with E-state index in [-0.39, 0.29) is 23.9 Å². The van der Waals surface area contributed by atoms with Crippen LogP contribution in [0.25, 0.3) is 21.8 Å². The van der Waals surface area contributed by atoms with E-state index in [1.54, 1.807) is 48.8 Å². The van der Waals surface area contributed by atoms with Gasteiger partial charge in [0.1, 0.15) is 18.0 Å². The number of aromatic amines is 1. The highest BCUT2D eigenvalue weighted by Crippen LogP contribution is 2.30. The highest BCUT2D eigenvalue weighted by molar-refractivity contribution is 6.12. The number of hydrogen-bond donors (Lipinski definition) is 4. The molecule has 5 aromatic rings. The van der Waals surface area contributed by atoms with E-state index >= 15 is 0 Å². The quantitative estimate of drug-likeness (QED) is 0.210. The first kappa shape index (κ1) is 26.5. The highest BCUT2D eigenvalue weighted by Gasteiger charge is 2.15. The van der Waals surface area contributed by atoms with Gasteiger partial charge in [-0.25, -0.2) is 9.37 Å². The van der Waals surface area contributed by atoms with Gasteiger partial charge in [-0.05, 0) is 56.6 Å². The van der Waals surface area contributed by atoms with Crippen LogP contribution in [0.2, 0.25) is 0 Å². The Morgan fingerprint density at radius 1 is 1.07 bits per heavy atom. The Morgan fingerprint density at radius 2 is 1.93 bits per heavy atom. The van der Waals surface area contributed by atoms with Crippen LogP contribution in [-0.4, -0.2) is 63.6 Å². The molecule has 0 saturated heterocycles. The number of halogens is 1. The Kier molecular flexibility index (Phi) is 7.51. The number of nitrogens with zero attached hydrogens (tertiary/aromatic N) is 4. The summed E-state index contributed by atoms with van der Waals surface area (Å²) < 4.78 is 14.8. The number of carbonyl (C=O) groups is 2. The van der Waals surface area contributed by atoms with Crippen LogP contribution in [0.3, 0.4) is 0 Å². The number of pyridine rings is 2. The van der Waals surface area contributed by atoms with Crippen LogP contribution in [-0.2, 0) is 11.3 Å². The van der Waals surface area contributed by atoms with E-state index in [2.05, 4.69) is 31.0 Å². The Morgan fingerprint density at radius 3 is 2.73 bits per heavy atom. The van der Waals surface area contributed by atoms with Crippen LogP contribution in [0.1, 0.15) is 10.4 Å². The normalized spacial score (nSPS) is 11.2. The molecular formula is C28H27FN8O3. The van der Waals surface area contributed by atoms with Crippen molar-refractivity contribution in [2.75, 3.05) is 37.8 Å². The van der Waals surface area contributed by atoms with Gasteiger partial charge in [-0.15, -0.1) is 0 Å². The monoisotopic (exact) mass is 542 g/mol. The molecule has 2 amide bonds. The number of anilines is 3. The molecule has 12 heteroatoms. The minimum atomic E-state index is -0.445. The van der Waals surface area contributed by atoms with Crippen molar-refractivity contribution in [2.24, 2.45) is 0 Å². The van der Waals surface area contributed by atoms with Crippen LogP contribution in [0.5, 0.6) is 0 Å². The second-order valence-electron chi connectivity index (χ2n) is 9.44. The summed E-state index contributed by atoms with van der Waals surface area (Å²) in [7, 11) is 3.85. The van der Waals surface area contributed by atoms with E-state index in [9.17, 15) is 18.8 Å². The number of amides is 2. The zero-order valence-electron chi connectivity index (χ0n) is 21.9. The molecule has 0 radical (unpaired) electrons. The molecular weight excluding hydrogens is 515 g/mol. The third-order valence-electron chi connectivity index (χ3n) is 6.14. The number of H-pyrrole nitrogens is 1. The average Bonchev–Trinajstić information content (AvgIpc) is 3.34. The lowest BCUT2D eigenvalue weighted by atomic mass is 10.0. The predicted molar refractivity (Wildman–Crippen MR) is 151 cm³/mol. The van der Waals surface area contributed by atoms with Crippen molar-refractivity contribution in [1.82, 2.24) is 30.0 Å². The molecule has 0 saturated carbocycles. The first-order valence-electron chi connectivity index (χ1n) is 12.5.